The minimum absolute atomic E-state index is 0.121. The number of halogens is 2. The zero-order valence-electron chi connectivity index (χ0n) is 13.2. The number of hydrogen-bond donors (Lipinski definition) is 2. The predicted molar refractivity (Wildman–Crippen MR) is 83.4 cm³/mol. The van der Waals surface area contributed by atoms with Crippen molar-refractivity contribution >= 4 is 11.8 Å². The first-order valence-corrected chi connectivity index (χ1v) is 7.11. The van der Waals surface area contributed by atoms with E-state index in [0.717, 1.165) is 29.3 Å². The van der Waals surface area contributed by atoms with E-state index in [2.05, 4.69) is 10.9 Å². The molecule has 0 saturated carbocycles. The van der Waals surface area contributed by atoms with Gasteiger partial charge in [0, 0.05) is 5.56 Å². The maximum absolute atomic E-state index is 13.1. The van der Waals surface area contributed by atoms with E-state index in [-0.39, 0.29) is 12.2 Å². The highest BCUT2D eigenvalue weighted by Crippen LogP contribution is 2.18. The Morgan fingerprint density at radius 2 is 1.75 bits per heavy atom. The number of hydrazine groups is 1. The normalized spacial score (nSPS) is 10.2. The largest absolute Gasteiger partial charge is 0.483 e. The number of benzene rings is 2. The van der Waals surface area contributed by atoms with Gasteiger partial charge in [0.1, 0.15) is 5.75 Å². The summed E-state index contributed by atoms with van der Waals surface area (Å²) in [5.74, 6) is -3.00. The Balaban J connectivity index is 1.85. The summed E-state index contributed by atoms with van der Waals surface area (Å²) in [4.78, 5) is 23.4. The number of carbonyl (C=O) groups is 2. The zero-order chi connectivity index (χ0) is 17.7. The Morgan fingerprint density at radius 3 is 2.46 bits per heavy atom. The minimum Gasteiger partial charge on any atom is -0.483 e. The first kappa shape index (κ1) is 17.4. The summed E-state index contributed by atoms with van der Waals surface area (Å²) >= 11 is 0. The molecule has 2 N–H and O–H groups in total. The van der Waals surface area contributed by atoms with E-state index < -0.39 is 23.4 Å². The average molecular weight is 334 g/mol. The van der Waals surface area contributed by atoms with Crippen LogP contribution in [0.2, 0.25) is 0 Å². The first-order chi connectivity index (χ1) is 11.4. The lowest BCUT2D eigenvalue weighted by molar-refractivity contribution is -0.123. The molecule has 0 aliphatic heterocycles. The molecular formula is C17H16F2N2O3. The van der Waals surface area contributed by atoms with Crippen LogP contribution < -0.4 is 15.6 Å². The Bertz CT molecular complexity index is 778. The molecule has 0 unspecified atom stereocenters. The molecule has 5 nitrogen and oxygen atoms in total. The van der Waals surface area contributed by atoms with E-state index in [1.54, 1.807) is 6.07 Å². The lowest BCUT2D eigenvalue weighted by Crippen LogP contribution is -2.43. The van der Waals surface area contributed by atoms with Gasteiger partial charge in [0.05, 0.1) is 0 Å². The number of rotatable bonds is 4. The molecule has 2 aromatic carbocycles. The van der Waals surface area contributed by atoms with Gasteiger partial charge in [-0.3, -0.25) is 20.4 Å². The summed E-state index contributed by atoms with van der Waals surface area (Å²) in [6.45, 7) is 3.44. The number of carbonyl (C=O) groups excluding carboxylic acids is 2. The van der Waals surface area contributed by atoms with Crippen LogP contribution in [0.5, 0.6) is 5.75 Å². The second-order valence-electron chi connectivity index (χ2n) is 5.19. The van der Waals surface area contributed by atoms with Crippen LogP contribution in [0.4, 0.5) is 8.78 Å². The Hall–Kier alpha value is -2.96. The van der Waals surface area contributed by atoms with Crippen molar-refractivity contribution in [3.8, 4) is 5.75 Å². The zero-order valence-corrected chi connectivity index (χ0v) is 13.2. The first-order valence-electron chi connectivity index (χ1n) is 7.11. The highest BCUT2D eigenvalue weighted by molar-refractivity contribution is 5.95. The standard InChI is InChI=1S/C17H16F2N2O3/c1-10-3-4-11(2)15(7-10)24-9-16(22)20-21-17(23)12-5-6-13(18)14(19)8-12/h3-8H,9H2,1-2H3,(H,20,22)(H,21,23). The van der Waals surface area contributed by atoms with Gasteiger partial charge < -0.3 is 4.74 Å². The molecular weight excluding hydrogens is 318 g/mol. The van der Waals surface area contributed by atoms with E-state index in [9.17, 15) is 18.4 Å². The van der Waals surface area contributed by atoms with Crippen LogP contribution in [0.15, 0.2) is 36.4 Å². The van der Waals surface area contributed by atoms with Crippen LogP contribution in [0.3, 0.4) is 0 Å². The monoisotopic (exact) mass is 334 g/mol. The third-order valence-corrected chi connectivity index (χ3v) is 3.20. The molecule has 0 spiro atoms. The van der Waals surface area contributed by atoms with E-state index in [1.807, 2.05) is 26.0 Å². The fourth-order valence-corrected chi connectivity index (χ4v) is 1.88. The smallest absolute Gasteiger partial charge is 0.276 e. The molecule has 0 aromatic heterocycles. The average Bonchev–Trinajstić information content (AvgIpc) is 2.56. The molecule has 24 heavy (non-hydrogen) atoms. The van der Waals surface area contributed by atoms with Gasteiger partial charge in [-0.1, -0.05) is 12.1 Å². The molecule has 0 aliphatic rings. The molecule has 0 atom stereocenters. The second-order valence-corrected chi connectivity index (χ2v) is 5.19. The maximum atomic E-state index is 13.1. The second kappa shape index (κ2) is 7.54. The fourth-order valence-electron chi connectivity index (χ4n) is 1.88. The lowest BCUT2D eigenvalue weighted by atomic mass is 10.1. The predicted octanol–water partition coefficient (Wildman–Crippen LogP) is 2.42. The van der Waals surface area contributed by atoms with Crippen molar-refractivity contribution in [1.29, 1.82) is 0 Å². The number of amides is 2. The molecule has 2 amide bonds. The van der Waals surface area contributed by atoms with Crippen molar-refractivity contribution in [3.63, 3.8) is 0 Å². The van der Waals surface area contributed by atoms with E-state index in [4.69, 9.17) is 4.74 Å². The van der Waals surface area contributed by atoms with E-state index in [1.165, 1.54) is 0 Å². The molecule has 0 heterocycles. The van der Waals surface area contributed by atoms with Crippen LogP contribution in [0.1, 0.15) is 21.5 Å². The number of hydrogen-bond acceptors (Lipinski definition) is 3. The Kier molecular flexibility index (Phi) is 5.47. The Labute approximate surface area is 137 Å². The number of aryl methyl sites for hydroxylation is 2. The third-order valence-electron chi connectivity index (χ3n) is 3.20. The van der Waals surface area contributed by atoms with Gasteiger partial charge >= 0.3 is 0 Å². The van der Waals surface area contributed by atoms with Crippen molar-refractivity contribution in [2.24, 2.45) is 0 Å². The highest BCUT2D eigenvalue weighted by Gasteiger charge is 2.11. The van der Waals surface area contributed by atoms with Crippen molar-refractivity contribution in [2.45, 2.75) is 13.8 Å². The molecule has 0 saturated heterocycles. The van der Waals surface area contributed by atoms with Crippen molar-refractivity contribution < 1.29 is 23.1 Å². The molecule has 0 aliphatic carbocycles. The van der Waals surface area contributed by atoms with E-state index >= 15 is 0 Å². The summed E-state index contributed by atoms with van der Waals surface area (Å²) in [7, 11) is 0. The number of ether oxygens (including phenoxy) is 1. The van der Waals surface area contributed by atoms with Crippen molar-refractivity contribution in [1.82, 2.24) is 10.9 Å². The third kappa shape index (κ3) is 4.52. The van der Waals surface area contributed by atoms with Crippen LogP contribution in [-0.4, -0.2) is 18.4 Å². The quantitative estimate of drug-likeness (QED) is 0.844. The van der Waals surface area contributed by atoms with Gasteiger partial charge in [-0.2, -0.15) is 0 Å². The van der Waals surface area contributed by atoms with Crippen molar-refractivity contribution in [3.05, 3.63) is 64.7 Å². The van der Waals surface area contributed by atoms with Gasteiger partial charge in [0.25, 0.3) is 11.8 Å². The minimum atomic E-state index is -1.15. The van der Waals surface area contributed by atoms with Gasteiger partial charge in [-0.25, -0.2) is 8.78 Å². The summed E-state index contributed by atoms with van der Waals surface area (Å²) in [6, 6.07) is 8.26. The maximum Gasteiger partial charge on any atom is 0.276 e. The summed E-state index contributed by atoms with van der Waals surface area (Å²) in [5.41, 5.74) is 5.98. The molecule has 7 heteroatoms. The molecule has 0 bridgehead atoms. The number of nitrogens with one attached hydrogen (secondary N) is 2. The van der Waals surface area contributed by atoms with Crippen LogP contribution >= 0.6 is 0 Å². The van der Waals surface area contributed by atoms with Crippen molar-refractivity contribution in [2.75, 3.05) is 6.61 Å². The van der Waals surface area contributed by atoms with E-state index in [0.29, 0.717) is 5.75 Å². The van der Waals surface area contributed by atoms with Crippen LogP contribution in [0, 0.1) is 25.5 Å². The van der Waals surface area contributed by atoms with Gasteiger partial charge in [0.2, 0.25) is 0 Å². The lowest BCUT2D eigenvalue weighted by Gasteiger charge is -2.11. The molecule has 0 fully saturated rings. The molecule has 0 radical (unpaired) electrons. The topological polar surface area (TPSA) is 67.4 Å². The summed E-state index contributed by atoms with van der Waals surface area (Å²) in [5, 5.41) is 0. The Morgan fingerprint density at radius 1 is 1.00 bits per heavy atom. The molecule has 126 valence electrons. The van der Waals surface area contributed by atoms with Crippen LogP contribution in [0.25, 0.3) is 0 Å². The SMILES string of the molecule is Cc1ccc(C)c(OCC(=O)NNC(=O)c2ccc(F)c(F)c2)c1. The molecule has 2 rings (SSSR count). The van der Waals surface area contributed by atoms with Crippen LogP contribution in [-0.2, 0) is 4.79 Å². The van der Waals surface area contributed by atoms with Gasteiger partial charge in [-0.05, 0) is 49.2 Å². The summed E-state index contributed by atoms with van der Waals surface area (Å²) in [6.07, 6.45) is 0. The highest BCUT2D eigenvalue weighted by atomic mass is 19.2. The van der Waals surface area contributed by atoms with Gasteiger partial charge in [0.15, 0.2) is 18.2 Å². The molecule has 2 aromatic rings. The van der Waals surface area contributed by atoms with Gasteiger partial charge in [-0.15, -0.1) is 0 Å². The fraction of sp³-hybridized carbons (Fsp3) is 0.176. The summed E-state index contributed by atoms with van der Waals surface area (Å²) < 4.78 is 31.2.